The Morgan fingerprint density at radius 2 is 2.09 bits per heavy atom. The molecular weight excluding hydrogens is 286 g/mol. The van der Waals surface area contributed by atoms with Gasteiger partial charge in [-0.3, -0.25) is 9.59 Å². The fourth-order valence-corrected chi connectivity index (χ4v) is 1.92. The van der Waals surface area contributed by atoms with Crippen LogP contribution in [0, 0.1) is 20.8 Å². The van der Waals surface area contributed by atoms with Gasteiger partial charge in [0, 0.05) is 5.69 Å². The molecule has 2 aromatic heterocycles. The molecule has 0 saturated carbocycles. The number of nitrogens with zero attached hydrogens (tertiary/aromatic N) is 1. The van der Waals surface area contributed by atoms with E-state index in [1.807, 2.05) is 0 Å². The van der Waals surface area contributed by atoms with Gasteiger partial charge in [-0.15, -0.1) is 0 Å². The first-order chi connectivity index (χ1) is 10.2. The first-order valence-electron chi connectivity index (χ1n) is 6.86. The third kappa shape index (κ3) is 3.25. The van der Waals surface area contributed by atoms with Crippen LogP contribution < -0.4 is 10.9 Å². The zero-order valence-corrected chi connectivity index (χ0v) is 13.0. The summed E-state index contributed by atoms with van der Waals surface area (Å²) in [4.78, 5) is 30.4. The molecule has 1 atom stereocenters. The number of carbonyl (C=O) groups excluding carboxylic acids is 1. The van der Waals surface area contributed by atoms with Gasteiger partial charge in [0.2, 0.25) is 0 Å². The van der Waals surface area contributed by atoms with Crippen molar-refractivity contribution in [1.29, 1.82) is 0 Å². The number of aliphatic hydroxyl groups is 1. The van der Waals surface area contributed by atoms with Crippen LogP contribution >= 0.6 is 0 Å². The first kappa shape index (κ1) is 16.0. The van der Waals surface area contributed by atoms with Crippen molar-refractivity contribution in [2.45, 2.75) is 33.3 Å². The number of furan rings is 1. The quantitative estimate of drug-likeness (QED) is 0.778. The number of nitrogens with one attached hydrogen (secondary N) is 2. The highest BCUT2D eigenvalue weighted by Crippen LogP contribution is 2.21. The molecule has 0 aliphatic heterocycles. The van der Waals surface area contributed by atoms with Crippen molar-refractivity contribution in [2.24, 2.45) is 0 Å². The fourth-order valence-electron chi connectivity index (χ4n) is 1.92. The van der Waals surface area contributed by atoms with Crippen molar-refractivity contribution in [1.82, 2.24) is 15.3 Å². The van der Waals surface area contributed by atoms with Crippen molar-refractivity contribution in [2.75, 3.05) is 6.54 Å². The van der Waals surface area contributed by atoms with Crippen LogP contribution in [-0.2, 0) is 5.60 Å². The van der Waals surface area contributed by atoms with Gasteiger partial charge in [-0.05, 0) is 39.8 Å². The molecular formula is C15H19N3O4. The number of amides is 1. The Balaban J connectivity index is 2.13. The molecule has 0 radical (unpaired) electrons. The highest BCUT2D eigenvalue weighted by atomic mass is 16.4. The lowest BCUT2D eigenvalue weighted by atomic mass is 10.0. The van der Waals surface area contributed by atoms with Crippen molar-refractivity contribution >= 4 is 5.91 Å². The molecule has 2 aromatic rings. The topological polar surface area (TPSA) is 108 Å². The molecule has 1 amide bonds. The minimum Gasteiger partial charge on any atom is -0.463 e. The maximum Gasteiger partial charge on any atom is 0.279 e. The van der Waals surface area contributed by atoms with Gasteiger partial charge in [0.15, 0.2) is 5.69 Å². The van der Waals surface area contributed by atoms with Crippen LogP contribution in [0.25, 0.3) is 0 Å². The molecule has 0 aliphatic rings. The summed E-state index contributed by atoms with van der Waals surface area (Å²) < 4.78 is 5.36. The van der Waals surface area contributed by atoms with Crippen LogP contribution in [0.2, 0.25) is 0 Å². The minimum atomic E-state index is -1.38. The number of H-pyrrole nitrogens is 1. The molecule has 0 bridgehead atoms. The van der Waals surface area contributed by atoms with Gasteiger partial charge in [0.05, 0.1) is 12.2 Å². The molecule has 1 unspecified atom stereocenters. The van der Waals surface area contributed by atoms with Crippen LogP contribution in [-0.4, -0.2) is 27.5 Å². The number of aryl methyl sites for hydroxylation is 3. The normalized spacial score (nSPS) is 13.7. The maximum atomic E-state index is 12.1. The van der Waals surface area contributed by atoms with Gasteiger partial charge in [-0.1, -0.05) is 0 Å². The van der Waals surface area contributed by atoms with Crippen molar-refractivity contribution in [3.05, 3.63) is 51.1 Å². The Morgan fingerprint density at radius 3 is 2.68 bits per heavy atom. The number of aromatic nitrogens is 2. The monoisotopic (exact) mass is 305 g/mol. The summed E-state index contributed by atoms with van der Waals surface area (Å²) in [7, 11) is 0. The van der Waals surface area contributed by atoms with Crippen LogP contribution in [0.4, 0.5) is 0 Å². The SMILES string of the molecule is Cc1ccc(C(C)(O)CNC(=O)c2nc(C)c(C)[nH]c2=O)o1. The van der Waals surface area contributed by atoms with Gasteiger partial charge in [-0.2, -0.15) is 0 Å². The zero-order valence-electron chi connectivity index (χ0n) is 13.0. The van der Waals surface area contributed by atoms with Crippen LogP contribution in [0.15, 0.2) is 21.3 Å². The largest absolute Gasteiger partial charge is 0.463 e. The van der Waals surface area contributed by atoms with E-state index < -0.39 is 17.1 Å². The second kappa shape index (κ2) is 5.76. The number of aromatic amines is 1. The Labute approximate surface area is 127 Å². The highest BCUT2D eigenvalue weighted by molar-refractivity contribution is 5.91. The Morgan fingerprint density at radius 1 is 1.41 bits per heavy atom. The first-order valence-corrected chi connectivity index (χ1v) is 6.86. The molecule has 7 nitrogen and oxygen atoms in total. The number of hydrogen-bond acceptors (Lipinski definition) is 5. The van der Waals surface area contributed by atoms with Gasteiger partial charge in [0.1, 0.15) is 17.1 Å². The lowest BCUT2D eigenvalue weighted by Crippen LogP contribution is -2.40. The predicted octanol–water partition coefficient (Wildman–Crippen LogP) is 0.926. The molecule has 2 rings (SSSR count). The summed E-state index contributed by atoms with van der Waals surface area (Å²) in [5.74, 6) is 0.356. The Bertz CT molecular complexity index is 758. The van der Waals surface area contributed by atoms with Crippen LogP contribution in [0.3, 0.4) is 0 Å². The van der Waals surface area contributed by atoms with Crippen molar-refractivity contribution in [3.63, 3.8) is 0 Å². The number of hydrogen-bond donors (Lipinski definition) is 3. The van der Waals surface area contributed by atoms with E-state index in [4.69, 9.17) is 4.42 Å². The lowest BCUT2D eigenvalue weighted by Gasteiger charge is -2.21. The molecule has 3 N–H and O–H groups in total. The van der Waals surface area contributed by atoms with Gasteiger partial charge in [-0.25, -0.2) is 4.98 Å². The molecule has 0 spiro atoms. The number of rotatable bonds is 4. The summed E-state index contributed by atoms with van der Waals surface area (Å²) in [5.41, 5.74) is -0.988. The minimum absolute atomic E-state index is 0.104. The Kier molecular flexibility index (Phi) is 4.18. The van der Waals surface area contributed by atoms with Crippen molar-refractivity contribution in [3.8, 4) is 0 Å². The molecule has 0 aliphatic carbocycles. The second-order valence-electron chi connectivity index (χ2n) is 5.49. The Hall–Kier alpha value is -2.41. The fraction of sp³-hybridized carbons (Fsp3) is 0.400. The summed E-state index contributed by atoms with van der Waals surface area (Å²) in [6, 6.07) is 3.36. The van der Waals surface area contributed by atoms with Gasteiger partial charge < -0.3 is 19.8 Å². The van der Waals surface area contributed by atoms with E-state index in [2.05, 4.69) is 15.3 Å². The van der Waals surface area contributed by atoms with E-state index >= 15 is 0 Å². The summed E-state index contributed by atoms with van der Waals surface area (Å²) in [5, 5.41) is 12.9. The predicted molar refractivity (Wildman–Crippen MR) is 79.7 cm³/mol. The van der Waals surface area contributed by atoms with E-state index in [9.17, 15) is 14.7 Å². The van der Waals surface area contributed by atoms with E-state index in [0.29, 0.717) is 22.9 Å². The average Bonchev–Trinajstić information content (AvgIpc) is 2.88. The third-order valence-electron chi connectivity index (χ3n) is 3.42. The van der Waals surface area contributed by atoms with E-state index in [1.165, 1.54) is 6.92 Å². The third-order valence-corrected chi connectivity index (χ3v) is 3.42. The van der Waals surface area contributed by atoms with E-state index in [1.54, 1.807) is 32.9 Å². The highest BCUT2D eigenvalue weighted by Gasteiger charge is 2.28. The van der Waals surface area contributed by atoms with Crippen molar-refractivity contribution < 1.29 is 14.3 Å². The summed E-state index contributed by atoms with van der Waals surface area (Å²) >= 11 is 0. The average molecular weight is 305 g/mol. The second-order valence-corrected chi connectivity index (χ2v) is 5.49. The summed E-state index contributed by atoms with van der Waals surface area (Å²) in [6.45, 7) is 6.58. The van der Waals surface area contributed by atoms with Crippen LogP contribution in [0.5, 0.6) is 0 Å². The lowest BCUT2D eigenvalue weighted by molar-refractivity contribution is 0.0322. The molecule has 7 heteroatoms. The zero-order chi connectivity index (χ0) is 16.5. The molecule has 2 heterocycles. The molecule has 0 fully saturated rings. The maximum absolute atomic E-state index is 12.1. The van der Waals surface area contributed by atoms with Gasteiger partial charge in [0.25, 0.3) is 11.5 Å². The molecule has 22 heavy (non-hydrogen) atoms. The van der Waals surface area contributed by atoms with Gasteiger partial charge >= 0.3 is 0 Å². The van der Waals surface area contributed by atoms with E-state index in [0.717, 1.165) is 0 Å². The molecule has 118 valence electrons. The van der Waals surface area contributed by atoms with E-state index in [-0.39, 0.29) is 12.2 Å². The van der Waals surface area contributed by atoms with Crippen LogP contribution in [0.1, 0.15) is 40.3 Å². The smallest absolute Gasteiger partial charge is 0.279 e. The molecule has 0 aromatic carbocycles. The summed E-state index contributed by atoms with van der Waals surface area (Å²) in [6.07, 6.45) is 0. The molecule has 0 saturated heterocycles. The number of carbonyl (C=O) groups is 1. The standard InChI is InChI=1S/C15H19N3O4/c1-8-5-6-11(22-8)15(4,21)7-16-13(19)12-14(20)18-10(3)9(2)17-12/h5-6,21H,7H2,1-4H3,(H,16,19)(H,18,20).